The lowest BCUT2D eigenvalue weighted by atomic mass is 10.3. The summed E-state index contributed by atoms with van der Waals surface area (Å²) in [5.74, 6) is 0. The molecule has 17 heavy (non-hydrogen) atoms. The zero-order chi connectivity index (χ0) is 12.3. The average Bonchev–Trinajstić information content (AvgIpc) is 2.29. The van der Waals surface area contributed by atoms with E-state index in [0.717, 1.165) is 15.6 Å². The van der Waals surface area contributed by atoms with Crippen LogP contribution in [-0.2, 0) is 0 Å². The van der Waals surface area contributed by atoms with Crippen LogP contribution >= 0.6 is 23.4 Å². The fourth-order valence-electron chi connectivity index (χ4n) is 1.34. The van der Waals surface area contributed by atoms with Gasteiger partial charge in [-0.25, -0.2) is 4.98 Å². The van der Waals surface area contributed by atoms with Gasteiger partial charge in [0, 0.05) is 15.6 Å². The van der Waals surface area contributed by atoms with E-state index in [1.54, 1.807) is 6.07 Å². The molecular formula is C13H9ClN2S. The molecule has 0 saturated carbocycles. The Morgan fingerprint density at radius 3 is 2.82 bits per heavy atom. The molecule has 0 saturated heterocycles. The van der Waals surface area contributed by atoms with Crippen molar-refractivity contribution < 1.29 is 0 Å². The lowest BCUT2D eigenvalue weighted by Gasteiger charge is -2.04. The molecule has 0 bridgehead atoms. The minimum absolute atomic E-state index is 0.584. The van der Waals surface area contributed by atoms with Crippen LogP contribution in [0.1, 0.15) is 11.3 Å². The second-order valence-corrected chi connectivity index (χ2v) is 4.98. The largest absolute Gasteiger partial charge is 0.245 e. The van der Waals surface area contributed by atoms with Gasteiger partial charge in [0.15, 0.2) is 0 Å². The zero-order valence-corrected chi connectivity index (χ0v) is 10.7. The van der Waals surface area contributed by atoms with Gasteiger partial charge in [-0.3, -0.25) is 0 Å². The molecule has 0 fully saturated rings. The van der Waals surface area contributed by atoms with Crippen LogP contribution in [0.15, 0.2) is 46.3 Å². The monoisotopic (exact) mass is 260 g/mol. The van der Waals surface area contributed by atoms with Gasteiger partial charge in [-0.2, -0.15) is 5.26 Å². The number of nitriles is 1. The number of benzene rings is 1. The summed E-state index contributed by atoms with van der Waals surface area (Å²) in [6, 6.07) is 13.3. The molecule has 2 aromatic rings. The van der Waals surface area contributed by atoms with Crippen molar-refractivity contribution in [1.29, 1.82) is 5.26 Å². The van der Waals surface area contributed by atoms with Crippen LogP contribution in [0.4, 0.5) is 0 Å². The average molecular weight is 261 g/mol. The van der Waals surface area contributed by atoms with Gasteiger partial charge in [0.05, 0.1) is 5.56 Å². The van der Waals surface area contributed by atoms with Crippen molar-refractivity contribution in [3.8, 4) is 6.07 Å². The predicted molar refractivity (Wildman–Crippen MR) is 69.3 cm³/mol. The molecule has 0 aliphatic rings. The topological polar surface area (TPSA) is 36.7 Å². The second kappa shape index (κ2) is 5.22. The number of rotatable bonds is 2. The van der Waals surface area contributed by atoms with E-state index in [0.29, 0.717) is 10.6 Å². The minimum Gasteiger partial charge on any atom is -0.245 e. The van der Waals surface area contributed by atoms with Gasteiger partial charge < -0.3 is 0 Å². The minimum atomic E-state index is 0.584. The second-order valence-electron chi connectivity index (χ2n) is 3.48. The molecule has 0 atom stereocenters. The van der Waals surface area contributed by atoms with Gasteiger partial charge >= 0.3 is 0 Å². The molecule has 1 aromatic carbocycles. The van der Waals surface area contributed by atoms with E-state index in [2.05, 4.69) is 11.1 Å². The van der Waals surface area contributed by atoms with Crippen molar-refractivity contribution >= 4 is 23.4 Å². The van der Waals surface area contributed by atoms with Gasteiger partial charge in [0.25, 0.3) is 0 Å². The third-order valence-electron chi connectivity index (χ3n) is 2.13. The Morgan fingerprint density at radius 1 is 1.29 bits per heavy atom. The van der Waals surface area contributed by atoms with Gasteiger partial charge in [0.1, 0.15) is 11.1 Å². The molecule has 0 aliphatic carbocycles. The lowest BCUT2D eigenvalue weighted by Crippen LogP contribution is -1.89. The molecule has 1 heterocycles. The quantitative estimate of drug-likeness (QED) is 0.817. The number of halogens is 1. The number of hydrogen-bond acceptors (Lipinski definition) is 3. The molecule has 0 amide bonds. The number of hydrogen-bond donors (Lipinski definition) is 0. The standard InChI is InChI=1S/C13H9ClN2S/c1-9-5-6-10(8-15)13(16-9)17-12-4-2-3-11(14)7-12/h2-7H,1H3. The number of aromatic nitrogens is 1. The molecular weight excluding hydrogens is 252 g/mol. The van der Waals surface area contributed by atoms with Crippen molar-refractivity contribution in [2.24, 2.45) is 0 Å². The Bertz CT molecular complexity index is 590. The van der Waals surface area contributed by atoms with Crippen molar-refractivity contribution in [1.82, 2.24) is 4.98 Å². The van der Waals surface area contributed by atoms with E-state index in [9.17, 15) is 0 Å². The van der Waals surface area contributed by atoms with Crippen molar-refractivity contribution in [2.75, 3.05) is 0 Å². The van der Waals surface area contributed by atoms with Crippen LogP contribution in [0, 0.1) is 18.3 Å². The summed E-state index contributed by atoms with van der Waals surface area (Å²) in [7, 11) is 0. The van der Waals surface area contributed by atoms with E-state index in [1.807, 2.05) is 37.3 Å². The molecule has 0 spiro atoms. The van der Waals surface area contributed by atoms with Gasteiger partial charge in [-0.15, -0.1) is 0 Å². The van der Waals surface area contributed by atoms with Crippen LogP contribution in [-0.4, -0.2) is 4.98 Å². The van der Waals surface area contributed by atoms with Crippen molar-refractivity contribution in [3.63, 3.8) is 0 Å². The number of pyridine rings is 1. The summed E-state index contributed by atoms with van der Waals surface area (Å²) in [4.78, 5) is 5.35. The highest BCUT2D eigenvalue weighted by Gasteiger charge is 2.06. The fraction of sp³-hybridized carbons (Fsp3) is 0.0769. The molecule has 0 unspecified atom stereocenters. The summed E-state index contributed by atoms with van der Waals surface area (Å²) in [5.41, 5.74) is 1.48. The first-order valence-corrected chi connectivity index (χ1v) is 6.19. The molecule has 2 nitrogen and oxygen atoms in total. The lowest BCUT2D eigenvalue weighted by molar-refractivity contribution is 1.05. The Labute approximate surface area is 109 Å². The van der Waals surface area contributed by atoms with E-state index < -0.39 is 0 Å². The molecule has 84 valence electrons. The van der Waals surface area contributed by atoms with Crippen molar-refractivity contribution in [2.45, 2.75) is 16.8 Å². The van der Waals surface area contributed by atoms with Gasteiger partial charge in [0.2, 0.25) is 0 Å². The highest BCUT2D eigenvalue weighted by atomic mass is 35.5. The van der Waals surface area contributed by atoms with Crippen LogP contribution in [0.3, 0.4) is 0 Å². The van der Waals surface area contributed by atoms with Crippen molar-refractivity contribution in [3.05, 3.63) is 52.7 Å². The molecule has 0 radical (unpaired) electrons. The maximum atomic E-state index is 9.01. The first-order chi connectivity index (χ1) is 8.19. The SMILES string of the molecule is Cc1ccc(C#N)c(Sc2cccc(Cl)c2)n1. The molecule has 1 aromatic heterocycles. The summed E-state index contributed by atoms with van der Waals surface area (Å²) in [6.07, 6.45) is 0. The van der Waals surface area contributed by atoms with Crippen LogP contribution < -0.4 is 0 Å². The van der Waals surface area contributed by atoms with E-state index >= 15 is 0 Å². The predicted octanol–water partition coefficient (Wildman–Crippen LogP) is 4.07. The Balaban J connectivity index is 2.36. The summed E-state index contributed by atoms with van der Waals surface area (Å²) in [5, 5.41) is 10.4. The van der Waals surface area contributed by atoms with E-state index in [-0.39, 0.29) is 0 Å². The third-order valence-corrected chi connectivity index (χ3v) is 3.36. The van der Waals surface area contributed by atoms with Crippen LogP contribution in [0.2, 0.25) is 5.02 Å². The molecule has 0 N–H and O–H groups in total. The van der Waals surface area contributed by atoms with Gasteiger partial charge in [-0.1, -0.05) is 29.4 Å². The Hall–Kier alpha value is -1.50. The summed E-state index contributed by atoms with van der Waals surface area (Å²) >= 11 is 7.37. The van der Waals surface area contributed by atoms with Crippen LogP contribution in [0.25, 0.3) is 0 Å². The third kappa shape index (κ3) is 3.00. The summed E-state index contributed by atoms with van der Waals surface area (Å²) in [6.45, 7) is 1.91. The first-order valence-electron chi connectivity index (χ1n) is 5.00. The first kappa shape index (κ1) is 12.0. The summed E-state index contributed by atoms with van der Waals surface area (Å²) < 4.78 is 0. The Morgan fingerprint density at radius 2 is 2.12 bits per heavy atom. The Kier molecular flexibility index (Phi) is 3.68. The maximum Gasteiger partial charge on any atom is 0.119 e. The molecule has 2 rings (SSSR count). The highest BCUT2D eigenvalue weighted by molar-refractivity contribution is 7.99. The molecule has 0 aliphatic heterocycles. The van der Waals surface area contributed by atoms with Gasteiger partial charge in [-0.05, 0) is 37.3 Å². The molecule has 4 heteroatoms. The maximum absolute atomic E-state index is 9.01. The smallest absolute Gasteiger partial charge is 0.119 e. The van der Waals surface area contributed by atoms with Crippen LogP contribution in [0.5, 0.6) is 0 Å². The zero-order valence-electron chi connectivity index (χ0n) is 9.14. The fourth-order valence-corrected chi connectivity index (χ4v) is 2.56. The van der Waals surface area contributed by atoms with E-state index in [1.165, 1.54) is 11.8 Å². The van der Waals surface area contributed by atoms with E-state index in [4.69, 9.17) is 16.9 Å². The number of aryl methyl sites for hydroxylation is 1. The highest BCUT2D eigenvalue weighted by Crippen LogP contribution is 2.30. The number of nitrogens with zero attached hydrogens (tertiary/aromatic N) is 2. The normalized spacial score (nSPS) is 9.94.